The smallest absolute Gasteiger partial charge is 0.0351 e. The van der Waals surface area contributed by atoms with E-state index in [2.05, 4.69) is 44.7 Å². The summed E-state index contributed by atoms with van der Waals surface area (Å²) in [5.74, 6) is 0.709. The van der Waals surface area contributed by atoms with Crippen LogP contribution in [0.5, 0.6) is 0 Å². The van der Waals surface area contributed by atoms with Crippen molar-refractivity contribution in [2.45, 2.75) is 45.2 Å². The lowest BCUT2D eigenvalue weighted by Crippen LogP contribution is -2.57. The van der Waals surface area contributed by atoms with Gasteiger partial charge < -0.3 is 0 Å². The topological polar surface area (TPSA) is 3.24 Å². The molecule has 0 atom stereocenters. The Morgan fingerprint density at radius 3 is 2.38 bits per heavy atom. The number of alkyl halides is 1. The maximum absolute atomic E-state index is 5.82. The highest BCUT2D eigenvalue weighted by Crippen LogP contribution is 2.33. The van der Waals surface area contributed by atoms with Crippen LogP contribution in [0.4, 0.5) is 0 Å². The molecule has 0 amide bonds. The summed E-state index contributed by atoms with van der Waals surface area (Å²) in [4.78, 5) is 2.48. The molecule has 0 spiro atoms. The van der Waals surface area contributed by atoms with E-state index in [0.29, 0.717) is 5.88 Å². The average Bonchev–Trinajstić information content (AvgIpc) is 1.96. The molecule has 0 N–H and O–H groups in total. The van der Waals surface area contributed by atoms with Crippen LogP contribution in [0, 0.1) is 0 Å². The lowest BCUT2D eigenvalue weighted by molar-refractivity contribution is 0.0424. The molecule has 0 aromatic carbocycles. The van der Waals surface area contributed by atoms with E-state index in [1.807, 2.05) is 0 Å². The van der Waals surface area contributed by atoms with Crippen molar-refractivity contribution in [3.05, 3.63) is 12.2 Å². The van der Waals surface area contributed by atoms with Gasteiger partial charge in [-0.1, -0.05) is 12.2 Å². The van der Waals surface area contributed by atoms with Gasteiger partial charge in [-0.2, -0.15) is 0 Å². The fourth-order valence-corrected chi connectivity index (χ4v) is 2.46. The van der Waals surface area contributed by atoms with E-state index in [-0.39, 0.29) is 11.1 Å². The molecule has 0 saturated heterocycles. The maximum Gasteiger partial charge on any atom is 0.0351 e. The third-order valence-corrected chi connectivity index (χ3v) is 3.05. The third kappa shape index (κ3) is 2.26. The standard InChI is InChI=1S/C11H20ClN/c1-10(2)6-5-7-11(3,4)13(10)9-8-12/h5-6H,7-9H2,1-4H3. The summed E-state index contributed by atoms with van der Waals surface area (Å²) in [7, 11) is 0. The number of nitrogens with zero attached hydrogens (tertiary/aromatic N) is 1. The third-order valence-electron chi connectivity index (χ3n) is 2.88. The van der Waals surface area contributed by atoms with Crippen LogP contribution < -0.4 is 0 Å². The Balaban J connectivity index is 2.88. The molecule has 76 valence electrons. The van der Waals surface area contributed by atoms with Crippen LogP contribution in [-0.4, -0.2) is 28.4 Å². The van der Waals surface area contributed by atoms with Gasteiger partial charge in [0.2, 0.25) is 0 Å². The summed E-state index contributed by atoms with van der Waals surface area (Å²) >= 11 is 5.82. The number of halogens is 1. The van der Waals surface area contributed by atoms with E-state index in [0.717, 1.165) is 13.0 Å². The minimum atomic E-state index is 0.149. The zero-order chi connectivity index (χ0) is 10.1. The first-order valence-electron chi connectivity index (χ1n) is 4.91. The summed E-state index contributed by atoms with van der Waals surface area (Å²) in [6, 6.07) is 0. The molecular weight excluding hydrogens is 182 g/mol. The van der Waals surface area contributed by atoms with Crippen molar-refractivity contribution in [1.82, 2.24) is 4.90 Å². The number of rotatable bonds is 2. The Kier molecular flexibility index (Phi) is 3.09. The quantitative estimate of drug-likeness (QED) is 0.491. The van der Waals surface area contributed by atoms with E-state index >= 15 is 0 Å². The Hall–Kier alpha value is -0.0100. The molecule has 0 aromatic heterocycles. The van der Waals surface area contributed by atoms with E-state index in [1.54, 1.807) is 0 Å². The maximum atomic E-state index is 5.82. The SMILES string of the molecule is CC1(C)C=CCC(C)(C)N1CCCl. The number of hydrogen-bond acceptors (Lipinski definition) is 1. The lowest BCUT2D eigenvalue weighted by Gasteiger charge is -2.49. The fourth-order valence-electron chi connectivity index (χ4n) is 2.29. The minimum Gasteiger partial charge on any atom is -0.288 e. The molecule has 0 saturated carbocycles. The molecule has 1 aliphatic rings. The summed E-state index contributed by atoms with van der Waals surface area (Å²) in [6.07, 6.45) is 5.68. The molecule has 0 bridgehead atoms. The van der Waals surface area contributed by atoms with Gasteiger partial charge in [0.25, 0.3) is 0 Å². The molecule has 0 unspecified atom stereocenters. The highest BCUT2D eigenvalue weighted by atomic mass is 35.5. The molecular formula is C11H20ClN. The van der Waals surface area contributed by atoms with Crippen LogP contribution >= 0.6 is 11.6 Å². The highest BCUT2D eigenvalue weighted by molar-refractivity contribution is 6.18. The fraction of sp³-hybridized carbons (Fsp3) is 0.818. The summed E-state index contributed by atoms with van der Waals surface area (Å²) in [5, 5.41) is 0. The van der Waals surface area contributed by atoms with Gasteiger partial charge in [-0.3, -0.25) is 4.90 Å². The molecule has 1 heterocycles. The van der Waals surface area contributed by atoms with Gasteiger partial charge in [0.05, 0.1) is 0 Å². The first-order chi connectivity index (χ1) is 5.90. The predicted octanol–water partition coefficient (Wildman–Crippen LogP) is 3.04. The molecule has 13 heavy (non-hydrogen) atoms. The Labute approximate surface area is 86.8 Å². The highest BCUT2D eigenvalue weighted by Gasteiger charge is 2.37. The molecule has 0 aliphatic carbocycles. The van der Waals surface area contributed by atoms with Crippen molar-refractivity contribution < 1.29 is 0 Å². The van der Waals surface area contributed by atoms with Crippen LogP contribution in [0.25, 0.3) is 0 Å². The van der Waals surface area contributed by atoms with Gasteiger partial charge in [-0.15, -0.1) is 11.6 Å². The van der Waals surface area contributed by atoms with E-state index < -0.39 is 0 Å². The predicted molar refractivity (Wildman–Crippen MR) is 59.3 cm³/mol. The zero-order valence-corrected chi connectivity index (χ0v) is 9.86. The lowest BCUT2D eigenvalue weighted by atomic mass is 9.85. The molecule has 1 aliphatic heterocycles. The Bertz CT molecular complexity index is 206. The van der Waals surface area contributed by atoms with E-state index in [4.69, 9.17) is 11.6 Å². The van der Waals surface area contributed by atoms with Gasteiger partial charge in [-0.05, 0) is 34.1 Å². The van der Waals surface area contributed by atoms with Crippen molar-refractivity contribution in [3.8, 4) is 0 Å². The van der Waals surface area contributed by atoms with Gasteiger partial charge in [-0.25, -0.2) is 0 Å². The largest absolute Gasteiger partial charge is 0.288 e. The second-order valence-corrected chi connectivity index (χ2v) is 5.29. The van der Waals surface area contributed by atoms with Crippen LogP contribution in [0.1, 0.15) is 34.1 Å². The van der Waals surface area contributed by atoms with Gasteiger partial charge in [0.1, 0.15) is 0 Å². The van der Waals surface area contributed by atoms with Crippen molar-refractivity contribution in [1.29, 1.82) is 0 Å². The monoisotopic (exact) mass is 201 g/mol. The molecule has 1 nitrogen and oxygen atoms in total. The summed E-state index contributed by atoms with van der Waals surface area (Å²) < 4.78 is 0. The summed E-state index contributed by atoms with van der Waals surface area (Å²) in [5.41, 5.74) is 0.393. The van der Waals surface area contributed by atoms with Crippen LogP contribution in [0.2, 0.25) is 0 Å². The van der Waals surface area contributed by atoms with E-state index in [1.165, 1.54) is 0 Å². The van der Waals surface area contributed by atoms with Crippen molar-refractivity contribution in [2.75, 3.05) is 12.4 Å². The van der Waals surface area contributed by atoms with Gasteiger partial charge >= 0.3 is 0 Å². The average molecular weight is 202 g/mol. The van der Waals surface area contributed by atoms with Crippen LogP contribution in [-0.2, 0) is 0 Å². The van der Waals surface area contributed by atoms with Crippen LogP contribution in [0.3, 0.4) is 0 Å². The molecule has 0 radical (unpaired) electrons. The van der Waals surface area contributed by atoms with E-state index in [9.17, 15) is 0 Å². The van der Waals surface area contributed by atoms with Crippen LogP contribution in [0.15, 0.2) is 12.2 Å². The number of hydrogen-bond donors (Lipinski definition) is 0. The minimum absolute atomic E-state index is 0.149. The van der Waals surface area contributed by atoms with Gasteiger partial charge in [0.15, 0.2) is 0 Å². The normalized spacial score (nSPS) is 26.2. The Morgan fingerprint density at radius 2 is 1.92 bits per heavy atom. The molecule has 0 aromatic rings. The van der Waals surface area contributed by atoms with Crippen molar-refractivity contribution >= 4 is 11.6 Å². The first-order valence-corrected chi connectivity index (χ1v) is 5.45. The first kappa shape index (κ1) is 11.1. The zero-order valence-electron chi connectivity index (χ0n) is 9.10. The summed E-state index contributed by atoms with van der Waals surface area (Å²) in [6.45, 7) is 10.0. The molecule has 2 heteroatoms. The Morgan fingerprint density at radius 1 is 1.31 bits per heavy atom. The van der Waals surface area contributed by atoms with Crippen molar-refractivity contribution in [2.24, 2.45) is 0 Å². The van der Waals surface area contributed by atoms with Crippen molar-refractivity contribution in [3.63, 3.8) is 0 Å². The second-order valence-electron chi connectivity index (χ2n) is 4.91. The molecule has 0 fully saturated rings. The second kappa shape index (κ2) is 3.62. The molecule has 1 rings (SSSR count). The van der Waals surface area contributed by atoms with Gasteiger partial charge in [0, 0.05) is 23.5 Å².